The fourth-order valence-corrected chi connectivity index (χ4v) is 12.0. The van der Waals surface area contributed by atoms with Crippen molar-refractivity contribution in [3.63, 3.8) is 0 Å². The molecule has 0 spiro atoms. The molecular weight excluding hydrogens is 841 g/mol. The van der Waals surface area contributed by atoms with Gasteiger partial charge in [-0.15, -0.1) is 0 Å². The maximum atomic E-state index is 4.13. The molecule has 7 unspecified atom stereocenters. The molecule has 4 fully saturated rings. The van der Waals surface area contributed by atoms with Gasteiger partial charge < -0.3 is 0 Å². The Bertz CT molecular complexity index is 1990. The molecule has 0 N–H and O–H groups in total. The van der Waals surface area contributed by atoms with Gasteiger partial charge >= 0.3 is 0 Å². The van der Waals surface area contributed by atoms with Gasteiger partial charge in [0.15, 0.2) is 0 Å². The molecule has 11 aliphatic rings. The maximum Gasteiger partial charge on any atom is -0.0133 e. The Hall–Kier alpha value is -3.12. The zero-order valence-corrected chi connectivity index (χ0v) is 49.4. The standard InChI is InChI=1S/2C10H16.C10H18.3C10H16.C10H14/c2*1-7-4-5-8-6-9(7)10(8,2)3;5*1-8(2)10-6-4-9(3)5-7-10/h4,8-9H,5-6H2,1-3H3;8-9H,1,4-6H2,2-3H3;6,8-9H,4-5,7H2,1-3H3;4,7-8H,5-6H2,1-3H3;6,9H,1,4-5,7H2,2-3H3;4,10H,1,5-7H2,2-3H3;4,6H,1,5,7H2,2-3H3. The predicted octanol–water partition coefficient (Wildman–Crippen LogP) is 22.5. The third-order valence-corrected chi connectivity index (χ3v) is 18.5. The van der Waals surface area contributed by atoms with Crippen molar-refractivity contribution in [1.29, 1.82) is 0 Å². The second kappa shape index (κ2) is 28.9. The van der Waals surface area contributed by atoms with E-state index in [2.05, 4.69) is 193 Å². The first-order valence-corrected chi connectivity index (χ1v) is 28.8. The number of hydrogen-bond acceptors (Lipinski definition) is 0. The van der Waals surface area contributed by atoms with Crippen LogP contribution < -0.4 is 0 Å². The average Bonchev–Trinajstić information content (AvgIpc) is 3.31. The first-order chi connectivity index (χ1) is 32.7. The van der Waals surface area contributed by atoms with E-state index < -0.39 is 0 Å². The molecule has 0 amide bonds. The van der Waals surface area contributed by atoms with Gasteiger partial charge in [0.2, 0.25) is 0 Å². The Morgan fingerprint density at radius 2 is 1.11 bits per heavy atom. The fraction of sp³-hybridized carbons (Fsp3) is 0.657. The number of fused-ring (bicyclic) bond motifs is 3. The predicted molar refractivity (Wildman–Crippen MR) is 317 cm³/mol. The van der Waals surface area contributed by atoms with Crippen molar-refractivity contribution >= 4 is 0 Å². The van der Waals surface area contributed by atoms with Crippen LogP contribution in [-0.4, -0.2) is 0 Å². The Labute approximate surface area is 437 Å². The summed E-state index contributed by atoms with van der Waals surface area (Å²) >= 11 is 0. The average molecular weight is 954 g/mol. The minimum atomic E-state index is 0.606. The molecule has 0 radical (unpaired) electrons. The molecule has 0 heteroatoms. The number of hydrogen-bond donors (Lipinski definition) is 0. The van der Waals surface area contributed by atoms with Crippen LogP contribution in [0, 0.1) is 64.1 Å². The molecule has 0 heterocycles. The van der Waals surface area contributed by atoms with E-state index in [4.69, 9.17) is 0 Å². The zero-order valence-electron chi connectivity index (χ0n) is 49.4. The molecule has 4 saturated carbocycles. The lowest BCUT2D eigenvalue weighted by Gasteiger charge is -2.57. The first kappa shape index (κ1) is 61.2. The second-order valence-corrected chi connectivity index (χ2v) is 25.9. The molecule has 0 nitrogen and oxygen atoms in total. The highest BCUT2D eigenvalue weighted by molar-refractivity contribution is 5.34. The summed E-state index contributed by atoms with van der Waals surface area (Å²) in [5.41, 5.74) is 19.0. The molecule has 11 rings (SSSR count). The lowest BCUT2D eigenvalue weighted by molar-refractivity contribution is -0.0273. The van der Waals surface area contributed by atoms with Crippen LogP contribution in [0.1, 0.15) is 233 Å². The third-order valence-electron chi connectivity index (χ3n) is 18.5. The van der Waals surface area contributed by atoms with Gasteiger partial charge in [-0.3, -0.25) is 0 Å². The van der Waals surface area contributed by atoms with Crippen molar-refractivity contribution in [3.05, 3.63) is 142 Å². The molecule has 4 bridgehead atoms. The van der Waals surface area contributed by atoms with Crippen molar-refractivity contribution in [2.24, 2.45) is 64.1 Å². The Morgan fingerprint density at radius 3 is 1.47 bits per heavy atom. The minimum Gasteiger partial charge on any atom is -0.0998 e. The van der Waals surface area contributed by atoms with E-state index in [9.17, 15) is 0 Å². The smallest absolute Gasteiger partial charge is 0.0133 e. The first-order valence-electron chi connectivity index (χ1n) is 28.8. The van der Waals surface area contributed by atoms with Crippen LogP contribution >= 0.6 is 0 Å². The van der Waals surface area contributed by atoms with Crippen LogP contribution in [0.3, 0.4) is 0 Å². The van der Waals surface area contributed by atoms with Gasteiger partial charge in [0.05, 0.1) is 0 Å². The monoisotopic (exact) mass is 953 g/mol. The van der Waals surface area contributed by atoms with Gasteiger partial charge in [-0.25, -0.2) is 0 Å². The van der Waals surface area contributed by atoms with Gasteiger partial charge in [-0.2, -0.15) is 0 Å². The van der Waals surface area contributed by atoms with Crippen LogP contribution in [0.2, 0.25) is 0 Å². The van der Waals surface area contributed by atoms with E-state index in [1.54, 1.807) is 22.3 Å². The van der Waals surface area contributed by atoms with E-state index in [1.807, 2.05) is 0 Å². The van der Waals surface area contributed by atoms with E-state index >= 15 is 0 Å². The molecular formula is C70H112. The summed E-state index contributed by atoms with van der Waals surface area (Å²) in [5, 5.41) is 0. The van der Waals surface area contributed by atoms with Crippen LogP contribution in [-0.2, 0) is 0 Å². The zero-order chi connectivity index (χ0) is 52.5. The molecule has 0 aromatic rings. The van der Waals surface area contributed by atoms with Crippen molar-refractivity contribution in [3.8, 4) is 0 Å². The second-order valence-electron chi connectivity index (χ2n) is 25.9. The molecule has 0 aromatic carbocycles. The number of rotatable bonds is 5. The SMILES string of the molecule is C=C(C)C1=CC=C(C)CC1.C=C(C)C1=CCC(C)CC1.C=C(C)C1CC=C(C)CC1.C=C1CCC2CC1C2(C)C.CC1=CCC(C(C)C)=CC1.CC1=CCC2CC1C2(C)C.CC1CC=C(C(C)C)CC1. The minimum absolute atomic E-state index is 0.606. The third kappa shape index (κ3) is 19.4. The van der Waals surface area contributed by atoms with Crippen LogP contribution in [0.5, 0.6) is 0 Å². The van der Waals surface area contributed by atoms with E-state index in [0.29, 0.717) is 10.8 Å². The molecule has 392 valence electrons. The summed E-state index contributed by atoms with van der Waals surface area (Å²) in [6.07, 6.45) is 42.1. The van der Waals surface area contributed by atoms with Gasteiger partial charge in [0.1, 0.15) is 0 Å². The van der Waals surface area contributed by atoms with Crippen molar-refractivity contribution in [1.82, 2.24) is 0 Å². The summed E-state index contributed by atoms with van der Waals surface area (Å²) in [7, 11) is 0. The van der Waals surface area contributed by atoms with Crippen LogP contribution in [0.25, 0.3) is 0 Å². The van der Waals surface area contributed by atoms with E-state index in [1.165, 1.54) is 160 Å². The summed E-state index contributed by atoms with van der Waals surface area (Å²) in [6, 6.07) is 0. The van der Waals surface area contributed by atoms with Crippen LogP contribution in [0.4, 0.5) is 0 Å². The Morgan fingerprint density at radius 1 is 0.514 bits per heavy atom. The Balaban J connectivity index is 0.000000216. The highest BCUT2D eigenvalue weighted by Crippen LogP contribution is 2.61. The van der Waals surface area contributed by atoms with Crippen LogP contribution in [0.15, 0.2) is 142 Å². The molecule has 0 aromatic heterocycles. The summed E-state index contributed by atoms with van der Waals surface area (Å²) < 4.78 is 0. The van der Waals surface area contributed by atoms with E-state index in [-0.39, 0.29) is 0 Å². The van der Waals surface area contributed by atoms with E-state index in [0.717, 1.165) is 53.3 Å². The highest BCUT2D eigenvalue weighted by atomic mass is 14.6. The van der Waals surface area contributed by atoms with Gasteiger partial charge in [-0.05, 0) is 239 Å². The summed E-state index contributed by atoms with van der Waals surface area (Å²) in [5.74, 6) is 7.92. The lowest BCUT2D eigenvalue weighted by Crippen LogP contribution is -2.48. The van der Waals surface area contributed by atoms with Gasteiger partial charge in [0.25, 0.3) is 0 Å². The van der Waals surface area contributed by atoms with Crippen molar-refractivity contribution < 1.29 is 0 Å². The normalized spacial score (nSPS) is 28.6. The molecule has 0 saturated heterocycles. The Kier molecular flexibility index (Phi) is 25.3. The molecule has 11 aliphatic carbocycles. The lowest BCUT2D eigenvalue weighted by atomic mass is 9.47. The maximum absolute atomic E-state index is 4.13. The molecule has 0 aliphatic heterocycles. The topological polar surface area (TPSA) is 0 Å². The fourth-order valence-electron chi connectivity index (χ4n) is 12.0. The molecule has 70 heavy (non-hydrogen) atoms. The quantitative estimate of drug-likeness (QED) is 0.241. The largest absolute Gasteiger partial charge is 0.0998 e. The molecule has 7 atom stereocenters. The van der Waals surface area contributed by atoms with Crippen molar-refractivity contribution in [2.75, 3.05) is 0 Å². The highest BCUT2D eigenvalue weighted by Gasteiger charge is 2.51. The van der Waals surface area contributed by atoms with Gasteiger partial charge in [-0.1, -0.05) is 200 Å². The van der Waals surface area contributed by atoms with Gasteiger partial charge in [0, 0.05) is 0 Å². The summed E-state index contributed by atoms with van der Waals surface area (Å²) in [4.78, 5) is 0. The summed E-state index contributed by atoms with van der Waals surface area (Å²) in [6.45, 7) is 54.5. The number of allylic oxidation sites excluding steroid dienone is 20. The van der Waals surface area contributed by atoms with Crippen molar-refractivity contribution in [2.45, 2.75) is 233 Å².